The molecule has 0 aromatic carbocycles. The number of allylic oxidation sites excluding steroid dienone is 1. The Balaban J connectivity index is 1.55. The fourth-order valence-corrected chi connectivity index (χ4v) is 8.50. The van der Waals surface area contributed by atoms with Crippen LogP contribution in [0.4, 0.5) is 0 Å². The molecule has 1 aromatic heterocycles. The molecular weight excluding hydrogens is 436 g/mol. The number of carbonyl (C=O) groups is 3. The molecule has 0 unspecified atom stereocenters. The number of esters is 2. The zero-order valence-corrected chi connectivity index (χ0v) is 20.1. The van der Waals surface area contributed by atoms with Crippen LogP contribution in [0.3, 0.4) is 0 Å². The van der Waals surface area contributed by atoms with E-state index in [1.54, 1.807) is 18.6 Å². The Morgan fingerprint density at radius 3 is 2.62 bits per heavy atom. The highest BCUT2D eigenvalue weighted by atomic mass is 16.6. The van der Waals surface area contributed by atoms with Crippen molar-refractivity contribution in [1.82, 2.24) is 0 Å². The molecule has 10 atom stereocenters. The maximum absolute atomic E-state index is 13.7. The maximum atomic E-state index is 13.7. The van der Waals surface area contributed by atoms with Gasteiger partial charge in [-0.2, -0.15) is 0 Å². The molecule has 34 heavy (non-hydrogen) atoms. The minimum atomic E-state index is -0.980. The van der Waals surface area contributed by atoms with Gasteiger partial charge in [0.05, 0.1) is 31.2 Å². The number of ether oxygens (including phenoxy) is 3. The molecule has 1 saturated carbocycles. The molecule has 7 nitrogen and oxygen atoms in total. The van der Waals surface area contributed by atoms with Crippen molar-refractivity contribution >= 4 is 17.7 Å². The third kappa shape index (κ3) is 2.34. The fourth-order valence-electron chi connectivity index (χ4n) is 8.50. The third-order valence-corrected chi connectivity index (χ3v) is 9.92. The molecule has 7 heteroatoms. The van der Waals surface area contributed by atoms with Gasteiger partial charge in [-0.25, -0.2) is 0 Å². The third-order valence-electron chi connectivity index (χ3n) is 9.92. The van der Waals surface area contributed by atoms with Crippen LogP contribution in [-0.4, -0.2) is 43.1 Å². The molecule has 0 spiro atoms. The molecule has 0 amide bonds. The van der Waals surface area contributed by atoms with Gasteiger partial charge < -0.3 is 18.6 Å². The normalized spacial score (nSPS) is 48.1. The van der Waals surface area contributed by atoms with Crippen LogP contribution in [0, 0.1) is 34.0 Å². The number of hydrogen-bond donors (Lipinski definition) is 0. The predicted octanol–water partition coefficient (Wildman–Crippen LogP) is 3.60. The molecule has 3 aliphatic carbocycles. The van der Waals surface area contributed by atoms with E-state index in [-0.39, 0.29) is 42.1 Å². The first-order valence-electron chi connectivity index (χ1n) is 12.0. The van der Waals surface area contributed by atoms with E-state index in [0.29, 0.717) is 0 Å². The van der Waals surface area contributed by atoms with E-state index in [9.17, 15) is 14.4 Å². The average molecular weight is 467 g/mol. The number of rotatable bonds is 3. The highest BCUT2D eigenvalue weighted by Crippen LogP contribution is 2.72. The summed E-state index contributed by atoms with van der Waals surface area (Å²) < 4.78 is 23.4. The van der Waals surface area contributed by atoms with Crippen LogP contribution in [0.25, 0.3) is 0 Å². The lowest BCUT2D eigenvalue weighted by Gasteiger charge is -2.60. The van der Waals surface area contributed by atoms with Crippen molar-refractivity contribution in [1.29, 1.82) is 0 Å². The van der Waals surface area contributed by atoms with Crippen LogP contribution in [0.15, 0.2) is 46.8 Å². The lowest BCUT2D eigenvalue weighted by atomic mass is 9.41. The minimum absolute atomic E-state index is 0.0166. The Kier molecular flexibility index (Phi) is 4.31. The van der Waals surface area contributed by atoms with Crippen LogP contribution in [-0.2, 0) is 28.6 Å². The number of ketones is 1. The van der Waals surface area contributed by atoms with Crippen molar-refractivity contribution < 1.29 is 33.0 Å². The smallest absolute Gasteiger partial charge is 0.316 e. The maximum Gasteiger partial charge on any atom is 0.316 e. The molecule has 6 rings (SSSR count). The monoisotopic (exact) mass is 466 g/mol. The van der Waals surface area contributed by atoms with E-state index < -0.39 is 40.3 Å². The van der Waals surface area contributed by atoms with Crippen molar-refractivity contribution in [2.45, 2.75) is 58.3 Å². The minimum Gasteiger partial charge on any atom is -0.472 e. The van der Waals surface area contributed by atoms with E-state index in [0.717, 1.165) is 11.1 Å². The summed E-state index contributed by atoms with van der Waals surface area (Å²) in [4.78, 5) is 39.7. The Hall–Kier alpha value is -2.67. The molecule has 0 N–H and O–H groups in total. The van der Waals surface area contributed by atoms with Crippen LogP contribution >= 0.6 is 0 Å². The summed E-state index contributed by atoms with van der Waals surface area (Å²) in [7, 11) is 1.37. The quantitative estimate of drug-likeness (QED) is 0.496. The zero-order chi connectivity index (χ0) is 24.2. The van der Waals surface area contributed by atoms with Gasteiger partial charge in [-0.15, -0.1) is 0 Å². The van der Waals surface area contributed by atoms with Crippen molar-refractivity contribution in [3.05, 3.63) is 48.0 Å². The molecule has 2 aliphatic heterocycles. The van der Waals surface area contributed by atoms with Crippen LogP contribution in [0.5, 0.6) is 0 Å². The second kappa shape index (κ2) is 6.72. The number of methoxy groups -OCH3 is 1. The van der Waals surface area contributed by atoms with Gasteiger partial charge in [0, 0.05) is 35.0 Å². The Morgan fingerprint density at radius 2 is 1.94 bits per heavy atom. The highest BCUT2D eigenvalue weighted by Gasteiger charge is 2.78. The number of furan rings is 1. The fraction of sp³-hybridized carbons (Fsp3) is 0.593. The van der Waals surface area contributed by atoms with Crippen molar-refractivity contribution in [3.63, 3.8) is 0 Å². The second-order valence-electron chi connectivity index (χ2n) is 11.3. The Labute approximate surface area is 198 Å². The molecular formula is C27H30O7. The summed E-state index contributed by atoms with van der Waals surface area (Å²) in [6, 6.07) is 1.94. The number of hydrogen-bond acceptors (Lipinski definition) is 7. The zero-order valence-electron chi connectivity index (χ0n) is 20.1. The number of fused-ring (bicyclic) bond motifs is 4. The van der Waals surface area contributed by atoms with Gasteiger partial charge in [0.15, 0.2) is 5.78 Å². The van der Waals surface area contributed by atoms with E-state index in [1.807, 2.05) is 19.9 Å². The predicted molar refractivity (Wildman–Crippen MR) is 119 cm³/mol. The molecule has 5 aliphatic rings. The van der Waals surface area contributed by atoms with E-state index >= 15 is 0 Å². The number of carbonyl (C=O) groups excluding carboxylic acids is 3. The first-order valence-corrected chi connectivity index (χ1v) is 12.0. The topological polar surface area (TPSA) is 92.0 Å². The molecule has 180 valence electrons. The van der Waals surface area contributed by atoms with E-state index in [1.165, 1.54) is 13.2 Å². The lowest BCUT2D eigenvalue weighted by molar-refractivity contribution is -0.194. The standard InChI is InChI=1S/C27H30O7/c1-13-10-15(14-7-9-32-12-14)20-19(13)27(4)16(11-18(29)31-5)26(3)17(28)6-8-25(2)22(26)21(23(27)33-20)34-24(25)30/h6-10,12,15-16,19-23H,11H2,1-5H3/t15-,16+,19+,20+,21+,22-,23-,25-,26+,27-/m0/s1. The lowest BCUT2D eigenvalue weighted by Crippen LogP contribution is -2.67. The van der Waals surface area contributed by atoms with E-state index in [2.05, 4.69) is 19.9 Å². The summed E-state index contributed by atoms with van der Waals surface area (Å²) in [5.41, 5.74) is -0.372. The van der Waals surface area contributed by atoms with E-state index in [4.69, 9.17) is 18.6 Å². The summed E-state index contributed by atoms with van der Waals surface area (Å²) in [6.07, 6.45) is 7.66. The summed E-state index contributed by atoms with van der Waals surface area (Å²) in [5.74, 6) is -1.65. The largest absolute Gasteiger partial charge is 0.472 e. The van der Waals surface area contributed by atoms with Gasteiger partial charge in [0.1, 0.15) is 12.2 Å². The first-order chi connectivity index (χ1) is 16.1. The van der Waals surface area contributed by atoms with Crippen LogP contribution in [0.1, 0.15) is 45.6 Å². The summed E-state index contributed by atoms with van der Waals surface area (Å²) >= 11 is 0. The van der Waals surface area contributed by atoms with Crippen LogP contribution in [0.2, 0.25) is 0 Å². The Morgan fingerprint density at radius 1 is 1.18 bits per heavy atom. The molecule has 0 radical (unpaired) electrons. The van der Waals surface area contributed by atoms with Gasteiger partial charge in [-0.1, -0.05) is 31.6 Å². The van der Waals surface area contributed by atoms with Gasteiger partial charge >= 0.3 is 11.9 Å². The van der Waals surface area contributed by atoms with Crippen molar-refractivity contribution in [2.75, 3.05) is 7.11 Å². The molecule has 3 fully saturated rings. The van der Waals surface area contributed by atoms with Crippen molar-refractivity contribution in [2.24, 2.45) is 34.0 Å². The average Bonchev–Trinajstić information content (AvgIpc) is 3.55. The molecule has 3 heterocycles. The van der Waals surface area contributed by atoms with Crippen LogP contribution < -0.4 is 0 Å². The van der Waals surface area contributed by atoms with Gasteiger partial charge in [-0.05, 0) is 37.5 Å². The highest BCUT2D eigenvalue weighted by molar-refractivity contribution is 6.00. The first kappa shape index (κ1) is 21.8. The molecule has 2 saturated heterocycles. The SMILES string of the molecule is COC(=O)C[C@@H]1[C@]2(C)C(=O)C=C[C@]3(C)C(=O)O[C@H]([C@H]23)[C@@H]2O[C@H]3[C@@H](C(C)=C[C@H]3c3ccoc3)[C@]12C. The molecule has 0 bridgehead atoms. The second-order valence-corrected chi connectivity index (χ2v) is 11.3. The summed E-state index contributed by atoms with van der Waals surface area (Å²) in [6.45, 7) is 7.96. The van der Waals surface area contributed by atoms with Gasteiger partial charge in [-0.3, -0.25) is 14.4 Å². The van der Waals surface area contributed by atoms with Crippen molar-refractivity contribution in [3.8, 4) is 0 Å². The molecule has 1 aromatic rings. The van der Waals surface area contributed by atoms with Gasteiger partial charge in [0.25, 0.3) is 0 Å². The Bertz CT molecular complexity index is 1150. The summed E-state index contributed by atoms with van der Waals surface area (Å²) in [5, 5.41) is 0. The van der Waals surface area contributed by atoms with Gasteiger partial charge in [0.2, 0.25) is 0 Å².